The summed E-state index contributed by atoms with van der Waals surface area (Å²) in [5.41, 5.74) is 1.30. The zero-order valence-corrected chi connectivity index (χ0v) is 18.3. The molecule has 7 nitrogen and oxygen atoms in total. The lowest BCUT2D eigenvalue weighted by atomic mass is 10.1. The van der Waals surface area contributed by atoms with Gasteiger partial charge in [0.2, 0.25) is 0 Å². The molecule has 0 N–H and O–H groups in total. The molecule has 162 valence electrons. The van der Waals surface area contributed by atoms with Crippen molar-refractivity contribution in [2.24, 2.45) is 0 Å². The molecule has 2 aliphatic rings. The van der Waals surface area contributed by atoms with E-state index in [-0.39, 0.29) is 11.3 Å². The number of likely N-dealkylation sites (N-methyl/N-ethyl adjacent to an activating group) is 1. The highest BCUT2D eigenvalue weighted by Gasteiger charge is 2.39. The van der Waals surface area contributed by atoms with Gasteiger partial charge in [-0.3, -0.25) is 9.59 Å². The van der Waals surface area contributed by atoms with Gasteiger partial charge in [0.05, 0.1) is 22.4 Å². The largest absolute Gasteiger partial charge is 0.456 e. The number of benzene rings is 2. The van der Waals surface area contributed by atoms with E-state index in [1.54, 1.807) is 57.2 Å². The molecule has 2 amide bonds. The molecule has 0 aromatic heterocycles. The summed E-state index contributed by atoms with van der Waals surface area (Å²) < 4.78 is 5.56. The molecular weight excluding hydrogens is 394 g/mol. The molecule has 1 fully saturated rings. The number of amides is 2. The Hall–Kier alpha value is -3.19. The van der Waals surface area contributed by atoms with E-state index in [9.17, 15) is 14.4 Å². The van der Waals surface area contributed by atoms with Gasteiger partial charge in [-0.25, -0.2) is 9.69 Å². The zero-order valence-electron chi connectivity index (χ0n) is 18.3. The van der Waals surface area contributed by atoms with Crippen LogP contribution in [-0.2, 0) is 4.74 Å². The van der Waals surface area contributed by atoms with Crippen molar-refractivity contribution in [2.75, 3.05) is 43.0 Å². The maximum absolute atomic E-state index is 13.1. The average Bonchev–Trinajstić information content (AvgIpc) is 2.97. The number of anilines is 2. The number of nitrogens with zero attached hydrogens (tertiary/aromatic N) is 3. The first-order chi connectivity index (χ1) is 14.7. The van der Waals surface area contributed by atoms with Crippen molar-refractivity contribution in [3.63, 3.8) is 0 Å². The number of imide groups is 1. The van der Waals surface area contributed by atoms with Gasteiger partial charge in [-0.1, -0.05) is 12.1 Å². The predicted octanol–water partition coefficient (Wildman–Crippen LogP) is 3.19. The van der Waals surface area contributed by atoms with Crippen LogP contribution in [0, 0.1) is 0 Å². The van der Waals surface area contributed by atoms with E-state index in [1.807, 2.05) is 6.07 Å². The van der Waals surface area contributed by atoms with E-state index in [1.165, 1.54) is 0 Å². The second kappa shape index (κ2) is 7.81. The van der Waals surface area contributed by atoms with Crippen LogP contribution in [0.25, 0.3) is 0 Å². The van der Waals surface area contributed by atoms with Crippen molar-refractivity contribution in [2.45, 2.75) is 26.4 Å². The van der Waals surface area contributed by atoms with Gasteiger partial charge in [-0.15, -0.1) is 0 Å². The monoisotopic (exact) mass is 421 g/mol. The van der Waals surface area contributed by atoms with Gasteiger partial charge in [0, 0.05) is 31.9 Å². The van der Waals surface area contributed by atoms with Gasteiger partial charge in [-0.05, 0) is 58.2 Å². The lowest BCUT2D eigenvalue weighted by molar-refractivity contribution is 0.00706. The lowest BCUT2D eigenvalue weighted by Crippen LogP contribution is -2.44. The third kappa shape index (κ3) is 4.05. The standard InChI is InChI=1S/C24H27N3O4/c1-24(2,3)31-23(30)19-10-9-16(26-13-11-25(4)12-14-26)15-20(19)27-21(28)17-7-5-6-8-18(17)22(27)29/h5-10,15H,11-14H2,1-4H3. The molecule has 2 aromatic carbocycles. The second-order valence-electron chi connectivity index (χ2n) is 8.98. The Kier molecular flexibility index (Phi) is 5.31. The fourth-order valence-corrected chi connectivity index (χ4v) is 3.88. The number of piperazine rings is 1. The van der Waals surface area contributed by atoms with E-state index in [0.29, 0.717) is 11.1 Å². The predicted molar refractivity (Wildman–Crippen MR) is 119 cm³/mol. The van der Waals surface area contributed by atoms with Crippen molar-refractivity contribution in [1.29, 1.82) is 0 Å². The molecule has 31 heavy (non-hydrogen) atoms. The number of rotatable bonds is 3. The van der Waals surface area contributed by atoms with E-state index in [4.69, 9.17) is 4.74 Å². The topological polar surface area (TPSA) is 70.2 Å². The number of esters is 1. The van der Waals surface area contributed by atoms with Crippen molar-refractivity contribution in [3.8, 4) is 0 Å². The molecule has 2 heterocycles. The summed E-state index contributed by atoms with van der Waals surface area (Å²) in [7, 11) is 2.08. The first-order valence-electron chi connectivity index (χ1n) is 10.4. The van der Waals surface area contributed by atoms with Crippen LogP contribution in [0.2, 0.25) is 0 Å². The smallest absolute Gasteiger partial charge is 0.340 e. The van der Waals surface area contributed by atoms with Gasteiger partial charge < -0.3 is 14.5 Å². The van der Waals surface area contributed by atoms with Crippen LogP contribution in [0.1, 0.15) is 51.8 Å². The van der Waals surface area contributed by atoms with E-state index < -0.39 is 23.4 Å². The first-order valence-corrected chi connectivity index (χ1v) is 10.4. The van der Waals surface area contributed by atoms with Gasteiger partial charge in [0.15, 0.2) is 0 Å². The summed E-state index contributed by atoms with van der Waals surface area (Å²) >= 11 is 0. The SMILES string of the molecule is CN1CCN(c2ccc(C(=O)OC(C)(C)C)c(N3C(=O)c4ccccc4C3=O)c2)CC1. The molecule has 0 aliphatic carbocycles. The van der Waals surface area contributed by atoms with E-state index in [2.05, 4.69) is 16.8 Å². The van der Waals surface area contributed by atoms with Crippen molar-refractivity contribution < 1.29 is 19.1 Å². The van der Waals surface area contributed by atoms with Crippen LogP contribution in [0.15, 0.2) is 42.5 Å². The van der Waals surface area contributed by atoms with E-state index >= 15 is 0 Å². The molecule has 0 unspecified atom stereocenters. The number of carbonyl (C=O) groups excluding carboxylic acids is 3. The van der Waals surface area contributed by atoms with Gasteiger partial charge in [0.1, 0.15) is 5.60 Å². The van der Waals surface area contributed by atoms with Crippen LogP contribution >= 0.6 is 0 Å². The van der Waals surface area contributed by atoms with Gasteiger partial charge >= 0.3 is 5.97 Å². The molecular formula is C24H27N3O4. The Morgan fingerprint density at radius 3 is 2.03 bits per heavy atom. The lowest BCUT2D eigenvalue weighted by Gasteiger charge is -2.34. The molecule has 1 saturated heterocycles. The second-order valence-corrected chi connectivity index (χ2v) is 8.98. The summed E-state index contributed by atoms with van der Waals surface area (Å²) in [6, 6.07) is 12.0. The molecule has 0 spiro atoms. The molecule has 7 heteroatoms. The summed E-state index contributed by atoms with van der Waals surface area (Å²) in [6.07, 6.45) is 0. The van der Waals surface area contributed by atoms with Crippen LogP contribution in [0.3, 0.4) is 0 Å². The Morgan fingerprint density at radius 1 is 0.903 bits per heavy atom. The Balaban J connectivity index is 1.78. The molecule has 0 radical (unpaired) electrons. The maximum atomic E-state index is 13.1. The average molecular weight is 421 g/mol. The van der Waals surface area contributed by atoms with E-state index in [0.717, 1.165) is 36.8 Å². The van der Waals surface area contributed by atoms with Crippen LogP contribution < -0.4 is 9.80 Å². The summed E-state index contributed by atoms with van der Waals surface area (Å²) in [5.74, 6) is -1.43. The normalized spacial score (nSPS) is 17.2. The number of carbonyl (C=O) groups is 3. The fraction of sp³-hybridized carbons (Fsp3) is 0.375. The van der Waals surface area contributed by atoms with Crippen LogP contribution in [0.5, 0.6) is 0 Å². The molecule has 2 aliphatic heterocycles. The minimum atomic E-state index is -0.702. The van der Waals surface area contributed by atoms with Gasteiger partial charge in [0.25, 0.3) is 11.8 Å². The molecule has 0 saturated carbocycles. The van der Waals surface area contributed by atoms with Crippen LogP contribution in [0.4, 0.5) is 11.4 Å². The highest BCUT2D eigenvalue weighted by molar-refractivity contribution is 6.35. The molecule has 4 rings (SSSR count). The first kappa shape index (κ1) is 21.1. The van der Waals surface area contributed by atoms with Crippen molar-refractivity contribution in [3.05, 3.63) is 59.2 Å². The quantitative estimate of drug-likeness (QED) is 0.560. The number of hydrogen-bond acceptors (Lipinski definition) is 6. The Labute approximate surface area is 182 Å². The number of ether oxygens (including phenoxy) is 1. The molecule has 0 atom stereocenters. The summed E-state index contributed by atoms with van der Waals surface area (Å²) in [6.45, 7) is 8.82. The minimum absolute atomic E-state index is 0.197. The maximum Gasteiger partial charge on any atom is 0.340 e. The highest BCUT2D eigenvalue weighted by atomic mass is 16.6. The van der Waals surface area contributed by atoms with Crippen molar-refractivity contribution >= 4 is 29.2 Å². The zero-order chi connectivity index (χ0) is 22.3. The molecule has 0 bridgehead atoms. The van der Waals surface area contributed by atoms with Crippen molar-refractivity contribution in [1.82, 2.24) is 4.90 Å². The Bertz CT molecular complexity index is 1010. The highest BCUT2D eigenvalue weighted by Crippen LogP contribution is 2.35. The van der Waals surface area contributed by atoms with Crippen LogP contribution in [-0.4, -0.2) is 61.5 Å². The fourth-order valence-electron chi connectivity index (χ4n) is 3.88. The minimum Gasteiger partial charge on any atom is -0.456 e. The van der Waals surface area contributed by atoms with Gasteiger partial charge in [-0.2, -0.15) is 0 Å². The Morgan fingerprint density at radius 2 is 1.48 bits per heavy atom. The third-order valence-corrected chi connectivity index (χ3v) is 5.50. The molecule has 2 aromatic rings. The summed E-state index contributed by atoms with van der Waals surface area (Å²) in [5, 5.41) is 0. The third-order valence-electron chi connectivity index (χ3n) is 5.50. The summed E-state index contributed by atoms with van der Waals surface area (Å²) in [4.78, 5) is 44.8. The number of fused-ring (bicyclic) bond motifs is 1. The number of hydrogen-bond donors (Lipinski definition) is 0.